The third kappa shape index (κ3) is 5.35. The number of guanidine groups is 1. The fraction of sp³-hybridized carbons (Fsp3) is 0.917. The molecule has 1 aliphatic carbocycles. The Morgan fingerprint density at radius 3 is 2.50 bits per heavy atom. The molecule has 0 aromatic rings. The van der Waals surface area contributed by atoms with E-state index in [0.29, 0.717) is 0 Å². The Bertz CT molecular complexity index is 197. The van der Waals surface area contributed by atoms with Crippen LogP contribution in [0.25, 0.3) is 0 Å². The number of rotatable bonds is 6. The van der Waals surface area contributed by atoms with Crippen molar-refractivity contribution in [1.29, 1.82) is 5.41 Å². The molecule has 1 fully saturated rings. The number of nitrogens with two attached hydrogens (primary N) is 1. The van der Waals surface area contributed by atoms with E-state index < -0.39 is 0 Å². The van der Waals surface area contributed by atoms with Gasteiger partial charge in [0, 0.05) is 12.6 Å². The summed E-state index contributed by atoms with van der Waals surface area (Å²) >= 11 is 0. The summed E-state index contributed by atoms with van der Waals surface area (Å²) in [6.45, 7) is 4.13. The molecule has 1 saturated carbocycles. The van der Waals surface area contributed by atoms with Crippen LogP contribution in [-0.2, 0) is 0 Å². The Labute approximate surface area is 98.9 Å². The molecular weight excluding hydrogens is 200 g/mol. The molecule has 0 bridgehead atoms. The maximum absolute atomic E-state index is 7.02. The van der Waals surface area contributed by atoms with E-state index in [0.717, 1.165) is 31.5 Å². The minimum atomic E-state index is 0.0726. The van der Waals surface area contributed by atoms with E-state index in [2.05, 4.69) is 17.6 Å². The quantitative estimate of drug-likeness (QED) is 0.314. The van der Waals surface area contributed by atoms with Gasteiger partial charge in [-0.25, -0.2) is 0 Å². The van der Waals surface area contributed by atoms with Crippen molar-refractivity contribution in [2.75, 3.05) is 13.1 Å². The highest BCUT2D eigenvalue weighted by Crippen LogP contribution is 2.26. The van der Waals surface area contributed by atoms with Gasteiger partial charge in [0.2, 0.25) is 0 Å². The zero-order valence-corrected chi connectivity index (χ0v) is 10.4. The molecule has 1 rings (SSSR count). The molecule has 1 aliphatic rings. The Morgan fingerprint density at radius 2 is 1.94 bits per heavy atom. The van der Waals surface area contributed by atoms with E-state index in [-0.39, 0.29) is 5.96 Å². The van der Waals surface area contributed by atoms with E-state index in [9.17, 15) is 0 Å². The SMILES string of the molecule is CCC1CCC(NCCCNC(=N)N)CC1. The average molecular weight is 226 g/mol. The smallest absolute Gasteiger partial charge is 0.185 e. The van der Waals surface area contributed by atoms with Crippen molar-refractivity contribution in [2.24, 2.45) is 11.7 Å². The van der Waals surface area contributed by atoms with Crippen LogP contribution < -0.4 is 16.4 Å². The summed E-state index contributed by atoms with van der Waals surface area (Å²) in [6, 6.07) is 0.722. The zero-order valence-electron chi connectivity index (χ0n) is 10.4. The largest absolute Gasteiger partial charge is 0.370 e. The molecule has 16 heavy (non-hydrogen) atoms. The second-order valence-electron chi connectivity index (χ2n) is 4.77. The van der Waals surface area contributed by atoms with Crippen molar-refractivity contribution in [3.8, 4) is 0 Å². The molecule has 94 valence electrons. The van der Waals surface area contributed by atoms with Crippen LogP contribution in [0.4, 0.5) is 0 Å². The van der Waals surface area contributed by atoms with E-state index in [1.807, 2.05) is 0 Å². The summed E-state index contributed by atoms with van der Waals surface area (Å²) in [7, 11) is 0. The third-order valence-electron chi connectivity index (χ3n) is 3.53. The first-order valence-electron chi connectivity index (χ1n) is 6.53. The lowest BCUT2D eigenvalue weighted by molar-refractivity contribution is 0.286. The lowest BCUT2D eigenvalue weighted by Gasteiger charge is -2.28. The maximum Gasteiger partial charge on any atom is 0.185 e. The predicted molar refractivity (Wildman–Crippen MR) is 68.6 cm³/mol. The highest BCUT2D eigenvalue weighted by atomic mass is 15.0. The van der Waals surface area contributed by atoms with Gasteiger partial charge in [0.15, 0.2) is 5.96 Å². The molecule has 0 spiro atoms. The summed E-state index contributed by atoms with van der Waals surface area (Å²) in [4.78, 5) is 0. The van der Waals surface area contributed by atoms with E-state index in [1.165, 1.54) is 32.1 Å². The van der Waals surface area contributed by atoms with Crippen molar-refractivity contribution >= 4 is 5.96 Å². The van der Waals surface area contributed by atoms with Gasteiger partial charge >= 0.3 is 0 Å². The Hall–Kier alpha value is -0.770. The minimum absolute atomic E-state index is 0.0726. The molecule has 0 aliphatic heterocycles. The summed E-state index contributed by atoms with van der Waals surface area (Å²) in [5, 5.41) is 13.4. The van der Waals surface area contributed by atoms with Gasteiger partial charge in [0.1, 0.15) is 0 Å². The maximum atomic E-state index is 7.02. The summed E-state index contributed by atoms with van der Waals surface area (Å²) in [6.07, 6.45) is 7.82. The van der Waals surface area contributed by atoms with E-state index in [4.69, 9.17) is 11.1 Å². The lowest BCUT2D eigenvalue weighted by Crippen LogP contribution is -2.36. The van der Waals surface area contributed by atoms with Crippen LogP contribution in [0.2, 0.25) is 0 Å². The second kappa shape index (κ2) is 7.49. The van der Waals surface area contributed by atoms with Crippen LogP contribution >= 0.6 is 0 Å². The second-order valence-corrected chi connectivity index (χ2v) is 4.77. The van der Waals surface area contributed by atoms with E-state index in [1.54, 1.807) is 0 Å². The van der Waals surface area contributed by atoms with Gasteiger partial charge in [-0.1, -0.05) is 13.3 Å². The third-order valence-corrected chi connectivity index (χ3v) is 3.53. The topological polar surface area (TPSA) is 73.9 Å². The Morgan fingerprint density at radius 1 is 1.25 bits per heavy atom. The number of nitrogens with one attached hydrogen (secondary N) is 3. The molecule has 5 N–H and O–H groups in total. The Kier molecular flexibility index (Phi) is 6.23. The highest BCUT2D eigenvalue weighted by Gasteiger charge is 2.18. The average Bonchev–Trinajstić information content (AvgIpc) is 2.29. The predicted octanol–water partition coefficient (Wildman–Crippen LogP) is 1.42. The van der Waals surface area contributed by atoms with Gasteiger partial charge in [-0.2, -0.15) is 0 Å². The molecule has 4 nitrogen and oxygen atoms in total. The lowest BCUT2D eigenvalue weighted by atomic mass is 9.84. The van der Waals surface area contributed by atoms with Crippen LogP contribution in [0.15, 0.2) is 0 Å². The standard InChI is InChI=1S/C12H26N4/c1-2-10-4-6-11(7-5-10)15-8-3-9-16-12(13)14/h10-11,15H,2-9H2,1H3,(H4,13,14,16). The van der Waals surface area contributed by atoms with Gasteiger partial charge in [0.05, 0.1) is 0 Å². The van der Waals surface area contributed by atoms with Gasteiger partial charge in [0.25, 0.3) is 0 Å². The monoisotopic (exact) mass is 226 g/mol. The molecule has 0 heterocycles. The van der Waals surface area contributed by atoms with Crippen molar-refractivity contribution in [2.45, 2.75) is 51.5 Å². The van der Waals surface area contributed by atoms with E-state index >= 15 is 0 Å². The summed E-state index contributed by atoms with van der Waals surface area (Å²) in [5.41, 5.74) is 5.20. The number of hydrogen-bond acceptors (Lipinski definition) is 2. The van der Waals surface area contributed by atoms with Gasteiger partial charge in [-0.15, -0.1) is 0 Å². The van der Waals surface area contributed by atoms with Crippen LogP contribution in [0, 0.1) is 11.3 Å². The van der Waals surface area contributed by atoms with Crippen molar-refractivity contribution in [3.05, 3.63) is 0 Å². The van der Waals surface area contributed by atoms with Crippen LogP contribution in [0.3, 0.4) is 0 Å². The molecule has 0 saturated heterocycles. The van der Waals surface area contributed by atoms with Crippen LogP contribution in [0.5, 0.6) is 0 Å². The Balaban J connectivity index is 1.96. The zero-order chi connectivity index (χ0) is 11.8. The fourth-order valence-corrected chi connectivity index (χ4v) is 2.39. The fourth-order valence-electron chi connectivity index (χ4n) is 2.39. The summed E-state index contributed by atoms with van der Waals surface area (Å²) < 4.78 is 0. The number of hydrogen-bond donors (Lipinski definition) is 4. The van der Waals surface area contributed by atoms with Crippen molar-refractivity contribution in [3.63, 3.8) is 0 Å². The molecule has 0 unspecified atom stereocenters. The van der Waals surface area contributed by atoms with Gasteiger partial charge in [-0.3, -0.25) is 5.41 Å². The molecule has 4 heteroatoms. The first kappa shape index (κ1) is 13.3. The molecule has 0 radical (unpaired) electrons. The first-order valence-corrected chi connectivity index (χ1v) is 6.53. The molecule has 0 atom stereocenters. The van der Waals surface area contributed by atoms with Crippen LogP contribution in [-0.4, -0.2) is 25.1 Å². The normalized spacial score (nSPS) is 25.3. The molecular formula is C12H26N4. The first-order chi connectivity index (χ1) is 7.72. The van der Waals surface area contributed by atoms with Crippen LogP contribution in [0.1, 0.15) is 45.4 Å². The summed E-state index contributed by atoms with van der Waals surface area (Å²) in [5.74, 6) is 1.04. The highest BCUT2D eigenvalue weighted by molar-refractivity contribution is 5.74. The molecule has 0 aromatic carbocycles. The van der Waals surface area contributed by atoms with Gasteiger partial charge in [-0.05, 0) is 44.6 Å². The van der Waals surface area contributed by atoms with Gasteiger partial charge < -0.3 is 16.4 Å². The minimum Gasteiger partial charge on any atom is -0.370 e. The molecule has 0 amide bonds. The van der Waals surface area contributed by atoms with Crippen molar-refractivity contribution < 1.29 is 0 Å². The van der Waals surface area contributed by atoms with Crippen molar-refractivity contribution in [1.82, 2.24) is 10.6 Å². The molecule has 0 aromatic heterocycles.